The van der Waals surface area contributed by atoms with Crippen LogP contribution in [0.5, 0.6) is 5.75 Å². The van der Waals surface area contributed by atoms with Gasteiger partial charge in [0.1, 0.15) is 12.4 Å². The molecule has 6 heteroatoms. The summed E-state index contributed by atoms with van der Waals surface area (Å²) < 4.78 is 5.46. The molecule has 0 unspecified atom stereocenters. The van der Waals surface area contributed by atoms with Gasteiger partial charge in [0.25, 0.3) is 0 Å². The maximum absolute atomic E-state index is 12.5. The molecule has 1 saturated heterocycles. The minimum atomic E-state index is -0.107. The van der Waals surface area contributed by atoms with Crippen LogP contribution in [-0.4, -0.2) is 35.6 Å². The van der Waals surface area contributed by atoms with Gasteiger partial charge >= 0.3 is 6.03 Å². The third kappa shape index (κ3) is 3.87. The standard InChI is InChI=1S/C18H19N3O2S/c1-2-12-23-16-6-4-3-5-15(16)20-18(22)21-10-7-14(8-11-21)17-19-9-13-24-17/h1,3-6,9,13-14H,7-8,10-12H2,(H,20,22). The molecular formula is C18H19N3O2S. The van der Waals surface area contributed by atoms with E-state index in [-0.39, 0.29) is 12.6 Å². The van der Waals surface area contributed by atoms with Crippen LogP contribution in [0.25, 0.3) is 0 Å². The van der Waals surface area contributed by atoms with Crippen molar-refractivity contribution >= 4 is 23.1 Å². The predicted molar refractivity (Wildman–Crippen MR) is 95.5 cm³/mol. The number of piperidine rings is 1. The zero-order valence-corrected chi connectivity index (χ0v) is 14.1. The van der Waals surface area contributed by atoms with Crippen molar-refractivity contribution in [3.63, 3.8) is 0 Å². The van der Waals surface area contributed by atoms with E-state index in [1.165, 1.54) is 5.01 Å². The van der Waals surface area contributed by atoms with Gasteiger partial charge in [-0.3, -0.25) is 0 Å². The summed E-state index contributed by atoms with van der Waals surface area (Å²) in [5.74, 6) is 3.47. The van der Waals surface area contributed by atoms with Crippen LogP contribution >= 0.6 is 11.3 Å². The number of urea groups is 1. The molecule has 0 atom stereocenters. The number of nitrogens with one attached hydrogen (secondary N) is 1. The number of amides is 2. The first-order valence-corrected chi connectivity index (χ1v) is 8.76. The molecule has 2 amide bonds. The molecule has 0 bridgehead atoms. The van der Waals surface area contributed by atoms with Crippen LogP contribution in [0.2, 0.25) is 0 Å². The number of carbonyl (C=O) groups excluding carboxylic acids is 1. The fourth-order valence-corrected chi connectivity index (χ4v) is 3.59. The molecule has 2 heterocycles. The average molecular weight is 341 g/mol. The lowest BCUT2D eigenvalue weighted by atomic mass is 9.98. The Hall–Kier alpha value is -2.52. The number of carbonyl (C=O) groups is 1. The van der Waals surface area contributed by atoms with E-state index in [0.29, 0.717) is 17.4 Å². The van der Waals surface area contributed by atoms with Gasteiger partial charge in [-0.15, -0.1) is 17.8 Å². The van der Waals surface area contributed by atoms with Crippen molar-refractivity contribution < 1.29 is 9.53 Å². The molecule has 1 aliphatic rings. The zero-order chi connectivity index (χ0) is 16.8. The van der Waals surface area contributed by atoms with Gasteiger partial charge in [0.05, 0.1) is 10.7 Å². The molecule has 1 aromatic heterocycles. The van der Waals surface area contributed by atoms with Crippen LogP contribution in [0.1, 0.15) is 23.8 Å². The predicted octanol–water partition coefficient (Wildman–Crippen LogP) is 3.57. The molecule has 3 rings (SSSR count). The van der Waals surface area contributed by atoms with E-state index >= 15 is 0 Å². The molecular weight excluding hydrogens is 322 g/mol. The molecule has 0 aliphatic carbocycles. The summed E-state index contributed by atoms with van der Waals surface area (Å²) in [5.41, 5.74) is 0.639. The van der Waals surface area contributed by atoms with Gasteiger partial charge in [0, 0.05) is 30.6 Å². The number of aromatic nitrogens is 1. The van der Waals surface area contributed by atoms with Crippen molar-refractivity contribution in [2.45, 2.75) is 18.8 Å². The molecule has 0 radical (unpaired) electrons. The molecule has 124 valence electrons. The molecule has 2 aromatic rings. The summed E-state index contributed by atoms with van der Waals surface area (Å²) in [6.07, 6.45) is 8.94. The van der Waals surface area contributed by atoms with E-state index < -0.39 is 0 Å². The lowest BCUT2D eigenvalue weighted by Gasteiger charge is -2.31. The summed E-state index contributed by atoms with van der Waals surface area (Å²) >= 11 is 1.69. The van der Waals surface area contributed by atoms with Crippen LogP contribution in [0.4, 0.5) is 10.5 Å². The maximum Gasteiger partial charge on any atom is 0.321 e. The van der Waals surface area contributed by atoms with Crippen LogP contribution in [-0.2, 0) is 0 Å². The second-order valence-electron chi connectivity index (χ2n) is 5.55. The Morgan fingerprint density at radius 3 is 2.92 bits per heavy atom. The minimum absolute atomic E-state index is 0.107. The van der Waals surface area contributed by atoms with Gasteiger partial charge in [-0.25, -0.2) is 9.78 Å². The van der Waals surface area contributed by atoms with E-state index in [1.807, 2.05) is 34.7 Å². The number of likely N-dealkylation sites (tertiary alicyclic amines) is 1. The van der Waals surface area contributed by atoms with Crippen molar-refractivity contribution in [3.05, 3.63) is 40.8 Å². The van der Waals surface area contributed by atoms with Gasteiger partial charge in [-0.1, -0.05) is 18.1 Å². The van der Waals surface area contributed by atoms with Crippen LogP contribution < -0.4 is 10.1 Å². The first-order valence-electron chi connectivity index (χ1n) is 7.88. The first-order chi connectivity index (χ1) is 11.8. The highest BCUT2D eigenvalue weighted by molar-refractivity contribution is 7.09. The maximum atomic E-state index is 12.5. The Bertz CT molecular complexity index is 716. The van der Waals surface area contributed by atoms with E-state index in [9.17, 15) is 4.79 Å². The lowest BCUT2D eigenvalue weighted by Crippen LogP contribution is -2.40. The van der Waals surface area contributed by atoms with Crippen LogP contribution in [0.3, 0.4) is 0 Å². The van der Waals surface area contributed by atoms with Gasteiger partial charge in [0.15, 0.2) is 0 Å². The Morgan fingerprint density at radius 2 is 2.21 bits per heavy atom. The molecule has 0 saturated carbocycles. The first kappa shape index (κ1) is 16.3. The summed E-state index contributed by atoms with van der Waals surface area (Å²) in [6, 6.07) is 7.20. The van der Waals surface area contributed by atoms with Crippen LogP contribution in [0.15, 0.2) is 35.8 Å². The largest absolute Gasteiger partial charge is 0.479 e. The Labute approximate surface area is 145 Å². The number of para-hydroxylation sites is 2. The van der Waals surface area contributed by atoms with E-state index in [2.05, 4.69) is 16.2 Å². The Kier molecular flexibility index (Phi) is 5.34. The fourth-order valence-electron chi connectivity index (χ4n) is 2.78. The van der Waals surface area contributed by atoms with E-state index in [0.717, 1.165) is 25.9 Å². The summed E-state index contributed by atoms with van der Waals surface area (Å²) in [7, 11) is 0. The highest BCUT2D eigenvalue weighted by Crippen LogP contribution is 2.30. The van der Waals surface area contributed by atoms with Crippen molar-refractivity contribution in [2.75, 3.05) is 25.0 Å². The smallest absolute Gasteiger partial charge is 0.321 e. The normalized spacial score (nSPS) is 14.9. The highest BCUT2D eigenvalue weighted by atomic mass is 32.1. The number of terminal acetylenes is 1. The number of hydrogen-bond donors (Lipinski definition) is 1. The monoisotopic (exact) mass is 341 g/mol. The summed E-state index contributed by atoms with van der Waals surface area (Å²) in [5, 5.41) is 6.09. The van der Waals surface area contributed by atoms with Crippen LogP contribution in [0, 0.1) is 12.3 Å². The number of hydrogen-bond acceptors (Lipinski definition) is 4. The number of benzene rings is 1. The summed E-state index contributed by atoms with van der Waals surface area (Å²) in [4.78, 5) is 18.7. The van der Waals surface area contributed by atoms with E-state index in [4.69, 9.17) is 11.2 Å². The zero-order valence-electron chi connectivity index (χ0n) is 13.3. The summed E-state index contributed by atoms with van der Waals surface area (Å²) in [6.45, 7) is 1.62. The molecule has 0 spiro atoms. The number of anilines is 1. The molecule has 5 nitrogen and oxygen atoms in total. The molecule has 1 fully saturated rings. The lowest BCUT2D eigenvalue weighted by molar-refractivity contribution is 0.194. The second-order valence-corrected chi connectivity index (χ2v) is 6.48. The number of ether oxygens (including phenoxy) is 1. The number of thiazole rings is 1. The third-order valence-electron chi connectivity index (χ3n) is 4.02. The molecule has 1 aromatic carbocycles. The van der Waals surface area contributed by atoms with E-state index in [1.54, 1.807) is 17.4 Å². The fraction of sp³-hybridized carbons (Fsp3) is 0.333. The quantitative estimate of drug-likeness (QED) is 0.865. The second kappa shape index (κ2) is 7.84. The highest BCUT2D eigenvalue weighted by Gasteiger charge is 2.25. The Morgan fingerprint density at radius 1 is 1.42 bits per heavy atom. The average Bonchev–Trinajstić information content (AvgIpc) is 3.16. The van der Waals surface area contributed by atoms with Gasteiger partial charge < -0.3 is 15.0 Å². The SMILES string of the molecule is C#CCOc1ccccc1NC(=O)N1CCC(c2nccs2)CC1. The topological polar surface area (TPSA) is 54.5 Å². The van der Waals surface area contributed by atoms with Gasteiger partial charge in [-0.05, 0) is 25.0 Å². The van der Waals surface area contributed by atoms with Gasteiger partial charge in [0.2, 0.25) is 0 Å². The third-order valence-corrected chi connectivity index (χ3v) is 4.96. The van der Waals surface area contributed by atoms with Crippen molar-refractivity contribution in [3.8, 4) is 18.1 Å². The van der Waals surface area contributed by atoms with Crippen molar-refractivity contribution in [1.82, 2.24) is 9.88 Å². The Balaban J connectivity index is 1.57. The number of rotatable bonds is 4. The molecule has 1 aliphatic heterocycles. The molecule has 1 N–H and O–H groups in total. The van der Waals surface area contributed by atoms with Crippen molar-refractivity contribution in [2.24, 2.45) is 0 Å². The number of nitrogens with zero attached hydrogens (tertiary/aromatic N) is 2. The minimum Gasteiger partial charge on any atom is -0.479 e. The molecule has 24 heavy (non-hydrogen) atoms. The van der Waals surface area contributed by atoms with Gasteiger partial charge in [-0.2, -0.15) is 0 Å². The van der Waals surface area contributed by atoms with Crippen molar-refractivity contribution in [1.29, 1.82) is 0 Å².